The number of nitrogens with one attached hydrogen (secondary N) is 1. The summed E-state index contributed by atoms with van der Waals surface area (Å²) in [6, 6.07) is 10.6. The van der Waals surface area contributed by atoms with Crippen molar-refractivity contribution in [3.05, 3.63) is 71.4 Å². The van der Waals surface area contributed by atoms with E-state index in [1.165, 1.54) is 68.2 Å². The van der Waals surface area contributed by atoms with Crippen LogP contribution in [0, 0.1) is 40.7 Å². The Hall–Kier alpha value is -6.64. The van der Waals surface area contributed by atoms with Crippen LogP contribution in [0.1, 0.15) is 86.6 Å². The van der Waals surface area contributed by atoms with E-state index >= 15 is 4.39 Å². The fraction of sp³-hybridized carbons (Fsp3) is 0.491. The molecule has 11 rings (SSSR count). The average molecular weight is 982 g/mol. The Morgan fingerprint density at radius 3 is 2.38 bits per heavy atom. The van der Waals surface area contributed by atoms with Crippen molar-refractivity contribution in [1.29, 1.82) is 0 Å². The van der Waals surface area contributed by atoms with Gasteiger partial charge in [-0.2, -0.15) is 9.97 Å². The number of rotatable bonds is 13. The van der Waals surface area contributed by atoms with Crippen LogP contribution in [0.25, 0.3) is 32.9 Å². The van der Waals surface area contributed by atoms with Gasteiger partial charge >= 0.3 is 12.0 Å². The van der Waals surface area contributed by atoms with Crippen LogP contribution in [0.3, 0.4) is 0 Å². The van der Waals surface area contributed by atoms with Gasteiger partial charge in [0.25, 0.3) is 5.91 Å². The quantitative estimate of drug-likeness (QED) is 0.111. The normalized spacial score (nSPS) is 20.4. The van der Waals surface area contributed by atoms with Crippen LogP contribution in [0.2, 0.25) is 0 Å². The molecule has 3 saturated carbocycles. The molecule has 2 N–H and O–H groups in total. The van der Waals surface area contributed by atoms with E-state index in [9.17, 15) is 23.9 Å². The summed E-state index contributed by atoms with van der Waals surface area (Å²) in [6.07, 6.45) is 18.3. The van der Waals surface area contributed by atoms with Crippen molar-refractivity contribution in [1.82, 2.24) is 35.0 Å². The van der Waals surface area contributed by atoms with Crippen molar-refractivity contribution < 1.29 is 37.7 Å². The van der Waals surface area contributed by atoms with Crippen LogP contribution in [-0.4, -0.2) is 138 Å². The van der Waals surface area contributed by atoms with Gasteiger partial charge in [-0.1, -0.05) is 12.0 Å². The third kappa shape index (κ3) is 9.35. The second-order valence-corrected chi connectivity index (χ2v) is 21.3. The molecule has 6 fully saturated rings. The topological polar surface area (TPSA) is 157 Å². The number of carbonyl (C=O) groups is 3. The molecule has 1 spiro atoms. The minimum absolute atomic E-state index is 0.0304. The summed E-state index contributed by atoms with van der Waals surface area (Å²) in [4.78, 5) is 62.8. The zero-order valence-corrected chi connectivity index (χ0v) is 41.0. The van der Waals surface area contributed by atoms with Crippen LogP contribution in [0.5, 0.6) is 17.5 Å². The SMILES string of the molecule is C#Cc1c(F)ccc2cc(O)cc(-c3ncc4c(N(C)C5CC5)nc(OCC5(CN6CCN(CC7CCC8(CC7)CCN(C(=O)c7ccc(OC)c(N9CCC(=O)NC9=O)c7)CC8)CC6)CC5)nc4c3F)c12. The van der Waals surface area contributed by atoms with Crippen molar-refractivity contribution in [2.24, 2.45) is 16.7 Å². The summed E-state index contributed by atoms with van der Waals surface area (Å²) >= 11 is 0. The van der Waals surface area contributed by atoms with Crippen molar-refractivity contribution >= 4 is 51.0 Å². The fourth-order valence-corrected chi connectivity index (χ4v) is 11.8. The van der Waals surface area contributed by atoms with Gasteiger partial charge in [0.15, 0.2) is 5.82 Å². The molecule has 3 aliphatic carbocycles. The van der Waals surface area contributed by atoms with E-state index in [4.69, 9.17) is 20.9 Å². The average Bonchev–Trinajstić information content (AvgIpc) is 4.34. The number of fused-ring (bicyclic) bond motifs is 2. The maximum atomic E-state index is 16.9. The van der Waals surface area contributed by atoms with E-state index in [-0.39, 0.29) is 81.1 Å². The Bertz CT molecular complexity index is 3000. The summed E-state index contributed by atoms with van der Waals surface area (Å²) in [5, 5.41) is 14.2. The van der Waals surface area contributed by atoms with Gasteiger partial charge in [0.1, 0.15) is 34.3 Å². The van der Waals surface area contributed by atoms with Crippen LogP contribution >= 0.6 is 0 Å². The Morgan fingerprint density at radius 2 is 1.68 bits per heavy atom. The van der Waals surface area contributed by atoms with Crippen molar-refractivity contribution in [2.45, 2.75) is 76.7 Å². The van der Waals surface area contributed by atoms with E-state index < -0.39 is 17.7 Å². The lowest BCUT2D eigenvalue weighted by Gasteiger charge is -2.47. The summed E-state index contributed by atoms with van der Waals surface area (Å²) in [5.41, 5.74) is 1.27. The maximum Gasteiger partial charge on any atom is 0.328 e. The number of halogens is 2. The van der Waals surface area contributed by atoms with Gasteiger partial charge < -0.3 is 34.2 Å². The van der Waals surface area contributed by atoms with Crippen LogP contribution in [-0.2, 0) is 4.79 Å². The fourth-order valence-electron chi connectivity index (χ4n) is 11.8. The Morgan fingerprint density at radius 1 is 0.931 bits per heavy atom. The number of aromatic hydroxyl groups is 1. The smallest absolute Gasteiger partial charge is 0.328 e. The number of likely N-dealkylation sites (tertiary alicyclic amines) is 1. The minimum Gasteiger partial charge on any atom is -0.508 e. The molecule has 4 amide bonds. The number of hydrogen-bond acceptors (Lipinski definition) is 12. The molecule has 2 aromatic heterocycles. The molecular formula is C55H61F2N9O6. The molecule has 15 nitrogen and oxygen atoms in total. The highest BCUT2D eigenvalue weighted by molar-refractivity contribution is 6.07. The van der Waals surface area contributed by atoms with Crippen molar-refractivity contribution in [3.8, 4) is 41.1 Å². The minimum atomic E-state index is -0.736. The van der Waals surface area contributed by atoms with Gasteiger partial charge in [0.2, 0.25) is 5.91 Å². The number of amides is 4. The first-order valence-corrected chi connectivity index (χ1v) is 25.5. The number of aromatic nitrogens is 3. The summed E-state index contributed by atoms with van der Waals surface area (Å²) < 4.78 is 43.8. The highest BCUT2D eigenvalue weighted by atomic mass is 19.1. The van der Waals surface area contributed by atoms with Gasteiger partial charge in [-0.25, -0.2) is 13.6 Å². The molecule has 0 radical (unpaired) electrons. The van der Waals surface area contributed by atoms with Gasteiger partial charge in [0.05, 0.1) is 30.4 Å². The van der Waals surface area contributed by atoms with Gasteiger partial charge in [-0.05, 0) is 117 Å². The monoisotopic (exact) mass is 981 g/mol. The lowest BCUT2D eigenvalue weighted by Crippen LogP contribution is -2.50. The van der Waals surface area contributed by atoms with Gasteiger partial charge in [-0.3, -0.25) is 24.8 Å². The molecular weight excluding hydrogens is 921 g/mol. The maximum absolute atomic E-state index is 16.9. The lowest BCUT2D eigenvalue weighted by molar-refractivity contribution is -0.120. The number of phenolic OH excluding ortho intramolecular Hbond substituents is 1. The molecule has 0 atom stereocenters. The lowest BCUT2D eigenvalue weighted by atomic mass is 9.65. The molecule has 3 aliphatic heterocycles. The van der Waals surface area contributed by atoms with E-state index in [1.807, 2.05) is 16.8 Å². The predicted octanol–water partition coefficient (Wildman–Crippen LogP) is 7.75. The second kappa shape index (κ2) is 19.1. The Balaban J connectivity index is 0.680. The number of imide groups is 1. The zero-order chi connectivity index (χ0) is 49.9. The third-order valence-corrected chi connectivity index (χ3v) is 16.6. The number of carbonyl (C=O) groups excluding carboxylic acids is 3. The number of pyridine rings is 1. The first-order chi connectivity index (χ1) is 34.8. The number of piperazine rings is 1. The molecule has 6 aliphatic rings. The number of ether oxygens (including phenoxy) is 2. The first-order valence-electron chi connectivity index (χ1n) is 25.5. The second-order valence-electron chi connectivity index (χ2n) is 21.3. The van der Waals surface area contributed by atoms with E-state index in [0.717, 1.165) is 77.8 Å². The van der Waals surface area contributed by atoms with Crippen LogP contribution < -0.4 is 24.6 Å². The van der Waals surface area contributed by atoms with E-state index in [0.29, 0.717) is 59.2 Å². The number of phenols is 1. The third-order valence-electron chi connectivity index (χ3n) is 16.6. The molecule has 5 heterocycles. The number of hydrogen-bond donors (Lipinski definition) is 2. The first kappa shape index (κ1) is 47.7. The highest BCUT2D eigenvalue weighted by Gasteiger charge is 2.46. The summed E-state index contributed by atoms with van der Waals surface area (Å²) in [5.74, 6) is 2.21. The van der Waals surface area contributed by atoms with Crippen molar-refractivity contribution in [3.63, 3.8) is 0 Å². The Labute approximate surface area is 417 Å². The molecule has 5 aromatic rings. The van der Waals surface area contributed by atoms with Crippen molar-refractivity contribution in [2.75, 3.05) is 89.5 Å². The molecule has 376 valence electrons. The summed E-state index contributed by atoms with van der Waals surface area (Å²) in [6.45, 7) is 8.09. The predicted molar refractivity (Wildman–Crippen MR) is 269 cm³/mol. The van der Waals surface area contributed by atoms with Crippen LogP contribution in [0.4, 0.5) is 25.1 Å². The molecule has 0 unspecified atom stereocenters. The number of terminal acetylenes is 1. The molecule has 17 heteroatoms. The number of urea groups is 1. The number of benzene rings is 3. The number of methoxy groups -OCH3 is 1. The molecule has 72 heavy (non-hydrogen) atoms. The highest BCUT2D eigenvalue weighted by Crippen LogP contribution is 2.49. The zero-order valence-electron chi connectivity index (χ0n) is 41.0. The standard InChI is InChI=1S/C55H61F2N9O6/c1-4-39-42(56)9-5-35-27-38(67)29-40(46(35)39)48-47(57)49-41(30-58-48)50(62(2)37-7-8-37)61-52(60-49)72-33-55(16-17-55)32-64-25-23-63(24-26-64)31-34-11-14-54(15-12-34)18-21-65(22-19-54)51(69)36-6-10-44(71-3)43(28-36)66-20-13-45(68)59-53(66)70/h1,5-6,9-10,27-30,34,37,67H,7-8,11-26,31-33H2,2-3H3,(H,59,68,70). The largest absolute Gasteiger partial charge is 0.508 e. The molecule has 3 saturated heterocycles. The Kier molecular flexibility index (Phi) is 12.6. The van der Waals surface area contributed by atoms with Crippen LogP contribution in [0.15, 0.2) is 48.7 Å². The van der Waals surface area contributed by atoms with E-state index in [1.54, 1.807) is 18.2 Å². The van der Waals surface area contributed by atoms with Gasteiger partial charge in [0, 0.05) is 107 Å². The number of nitrogens with zero attached hydrogens (tertiary/aromatic N) is 8. The number of anilines is 2. The van der Waals surface area contributed by atoms with Gasteiger partial charge in [-0.15, -0.1) is 6.42 Å². The summed E-state index contributed by atoms with van der Waals surface area (Å²) in [7, 11) is 3.47. The number of piperidine rings is 1. The van der Waals surface area contributed by atoms with E-state index in [2.05, 4.69) is 31.0 Å². The molecule has 3 aromatic carbocycles. The molecule has 0 bridgehead atoms.